The third kappa shape index (κ3) is 2.08. The molecule has 1 fully saturated rings. The number of hydrogen-bond donors (Lipinski definition) is 1. The van der Waals surface area contributed by atoms with E-state index in [0.29, 0.717) is 0 Å². The Labute approximate surface area is 112 Å². The van der Waals surface area contributed by atoms with Crippen molar-refractivity contribution >= 4 is 11.3 Å². The summed E-state index contributed by atoms with van der Waals surface area (Å²) >= 11 is 1.82. The minimum atomic E-state index is 0.284. The fourth-order valence-corrected chi connectivity index (χ4v) is 3.52. The second-order valence-corrected chi connectivity index (χ2v) is 6.59. The van der Waals surface area contributed by atoms with Crippen LogP contribution in [0, 0.1) is 13.8 Å². The van der Waals surface area contributed by atoms with E-state index in [1.165, 1.54) is 16.0 Å². The lowest BCUT2D eigenvalue weighted by Gasteiger charge is -2.43. The van der Waals surface area contributed by atoms with E-state index < -0.39 is 0 Å². The van der Waals surface area contributed by atoms with Crippen molar-refractivity contribution < 1.29 is 0 Å². The van der Waals surface area contributed by atoms with E-state index in [2.05, 4.69) is 48.4 Å². The van der Waals surface area contributed by atoms with Gasteiger partial charge in [-0.05, 0) is 25.8 Å². The molecule has 2 aromatic rings. The van der Waals surface area contributed by atoms with Crippen molar-refractivity contribution in [2.75, 3.05) is 13.1 Å². The molecular formula is C15H18N2S. The summed E-state index contributed by atoms with van der Waals surface area (Å²) < 4.78 is 0. The van der Waals surface area contributed by atoms with Gasteiger partial charge in [-0.1, -0.05) is 29.8 Å². The van der Waals surface area contributed by atoms with E-state index in [-0.39, 0.29) is 5.41 Å². The van der Waals surface area contributed by atoms with Crippen LogP contribution in [0.25, 0.3) is 0 Å². The van der Waals surface area contributed by atoms with E-state index >= 15 is 0 Å². The van der Waals surface area contributed by atoms with Crippen LogP contribution >= 0.6 is 11.3 Å². The van der Waals surface area contributed by atoms with E-state index in [4.69, 9.17) is 0 Å². The lowest BCUT2D eigenvalue weighted by Crippen LogP contribution is -2.58. The van der Waals surface area contributed by atoms with Crippen LogP contribution in [0.4, 0.5) is 0 Å². The average Bonchev–Trinajstić information content (AvgIpc) is 2.71. The van der Waals surface area contributed by atoms with Crippen LogP contribution in [0.5, 0.6) is 0 Å². The predicted molar refractivity (Wildman–Crippen MR) is 76.3 cm³/mol. The lowest BCUT2D eigenvalue weighted by molar-refractivity contribution is 0.276. The fraction of sp³-hybridized carbons (Fsp3) is 0.400. The maximum absolute atomic E-state index is 4.37. The zero-order valence-corrected chi connectivity index (χ0v) is 11.7. The molecule has 1 aromatic heterocycles. The topological polar surface area (TPSA) is 24.9 Å². The van der Waals surface area contributed by atoms with Gasteiger partial charge in [-0.15, -0.1) is 11.3 Å². The Bertz CT molecular complexity index is 538. The van der Waals surface area contributed by atoms with E-state index in [9.17, 15) is 0 Å². The molecule has 3 rings (SSSR count). The molecule has 0 atom stereocenters. The van der Waals surface area contributed by atoms with Gasteiger partial charge in [0.2, 0.25) is 0 Å². The van der Waals surface area contributed by atoms with Crippen LogP contribution in [0.3, 0.4) is 0 Å². The second kappa shape index (κ2) is 4.48. The average molecular weight is 258 g/mol. The molecule has 1 aliphatic heterocycles. The number of rotatable bonds is 3. The molecule has 1 N–H and O–H groups in total. The Morgan fingerprint density at radius 3 is 2.44 bits per heavy atom. The number of thiazole rings is 1. The zero-order chi connectivity index (χ0) is 12.6. The molecule has 1 aromatic carbocycles. The SMILES string of the molecule is Cc1ccc(C2(Cc3cnc(C)s3)CNC2)cc1. The van der Waals surface area contributed by atoms with Crippen LogP contribution in [0.1, 0.15) is 21.0 Å². The van der Waals surface area contributed by atoms with Crippen molar-refractivity contribution in [3.05, 3.63) is 51.5 Å². The lowest BCUT2D eigenvalue weighted by atomic mass is 9.72. The van der Waals surface area contributed by atoms with E-state index in [1.807, 2.05) is 17.5 Å². The van der Waals surface area contributed by atoms with Gasteiger partial charge in [0.05, 0.1) is 5.01 Å². The summed E-state index contributed by atoms with van der Waals surface area (Å²) in [6, 6.07) is 8.99. The van der Waals surface area contributed by atoms with Crippen LogP contribution in [0.2, 0.25) is 0 Å². The maximum atomic E-state index is 4.37. The highest BCUT2D eigenvalue weighted by molar-refractivity contribution is 7.11. The molecule has 1 saturated heterocycles. The molecule has 0 saturated carbocycles. The Hall–Kier alpha value is -1.19. The summed E-state index contributed by atoms with van der Waals surface area (Å²) in [5.41, 5.74) is 3.07. The van der Waals surface area contributed by atoms with Gasteiger partial charge < -0.3 is 5.32 Å². The number of benzene rings is 1. The first kappa shape index (κ1) is 11.9. The van der Waals surface area contributed by atoms with Gasteiger partial charge in [-0.3, -0.25) is 0 Å². The van der Waals surface area contributed by atoms with Crippen LogP contribution in [-0.4, -0.2) is 18.1 Å². The van der Waals surface area contributed by atoms with Crippen molar-refractivity contribution in [3.63, 3.8) is 0 Å². The molecular weight excluding hydrogens is 240 g/mol. The highest BCUT2D eigenvalue weighted by Crippen LogP contribution is 2.34. The summed E-state index contributed by atoms with van der Waals surface area (Å²) in [7, 11) is 0. The van der Waals surface area contributed by atoms with E-state index in [0.717, 1.165) is 24.5 Å². The highest BCUT2D eigenvalue weighted by atomic mass is 32.1. The first-order valence-electron chi connectivity index (χ1n) is 6.37. The number of aryl methyl sites for hydroxylation is 2. The quantitative estimate of drug-likeness (QED) is 0.915. The molecule has 0 radical (unpaired) electrons. The number of hydrogen-bond acceptors (Lipinski definition) is 3. The first-order chi connectivity index (χ1) is 8.68. The third-order valence-corrected chi connectivity index (χ3v) is 4.69. The summed E-state index contributed by atoms with van der Waals surface area (Å²) in [4.78, 5) is 5.76. The van der Waals surface area contributed by atoms with Crippen LogP contribution in [0.15, 0.2) is 30.5 Å². The van der Waals surface area contributed by atoms with Gasteiger partial charge in [-0.2, -0.15) is 0 Å². The number of aromatic nitrogens is 1. The highest BCUT2D eigenvalue weighted by Gasteiger charge is 2.39. The third-order valence-electron chi connectivity index (χ3n) is 3.77. The van der Waals surface area contributed by atoms with Crippen molar-refractivity contribution in [3.8, 4) is 0 Å². The van der Waals surface area contributed by atoms with Gasteiger partial charge in [-0.25, -0.2) is 4.98 Å². The number of nitrogens with zero attached hydrogens (tertiary/aromatic N) is 1. The van der Waals surface area contributed by atoms with Gasteiger partial charge in [0.1, 0.15) is 0 Å². The zero-order valence-electron chi connectivity index (χ0n) is 10.9. The molecule has 0 aliphatic carbocycles. The maximum Gasteiger partial charge on any atom is 0.0896 e. The van der Waals surface area contributed by atoms with Gasteiger partial charge in [0.25, 0.3) is 0 Å². The fourth-order valence-electron chi connectivity index (χ4n) is 2.59. The summed E-state index contributed by atoms with van der Waals surface area (Å²) in [6.07, 6.45) is 3.14. The monoisotopic (exact) mass is 258 g/mol. The summed E-state index contributed by atoms with van der Waals surface area (Å²) in [5.74, 6) is 0. The molecule has 3 heteroatoms. The summed E-state index contributed by atoms with van der Waals surface area (Å²) in [5, 5.41) is 4.59. The largest absolute Gasteiger partial charge is 0.315 e. The molecule has 2 nitrogen and oxygen atoms in total. The van der Waals surface area contributed by atoms with Gasteiger partial charge in [0, 0.05) is 29.6 Å². The molecule has 0 amide bonds. The molecule has 2 heterocycles. The van der Waals surface area contributed by atoms with Gasteiger partial charge >= 0.3 is 0 Å². The van der Waals surface area contributed by atoms with Crippen molar-refractivity contribution in [2.24, 2.45) is 0 Å². The molecule has 18 heavy (non-hydrogen) atoms. The molecule has 0 spiro atoms. The second-order valence-electron chi connectivity index (χ2n) is 5.27. The summed E-state index contributed by atoms with van der Waals surface area (Å²) in [6.45, 7) is 6.37. The van der Waals surface area contributed by atoms with Crippen LogP contribution < -0.4 is 5.32 Å². The standard InChI is InChI=1S/C15H18N2S/c1-11-3-5-13(6-4-11)15(9-16-10-15)7-14-8-17-12(2)18-14/h3-6,8,16H,7,9-10H2,1-2H3. The van der Waals surface area contributed by atoms with Crippen molar-refractivity contribution in [2.45, 2.75) is 25.7 Å². The Kier molecular flexibility index (Phi) is 2.96. The Morgan fingerprint density at radius 2 is 1.94 bits per heavy atom. The Balaban J connectivity index is 1.88. The molecule has 0 unspecified atom stereocenters. The molecule has 0 bridgehead atoms. The normalized spacial score (nSPS) is 17.4. The van der Waals surface area contributed by atoms with Crippen molar-refractivity contribution in [1.82, 2.24) is 10.3 Å². The smallest absolute Gasteiger partial charge is 0.0896 e. The minimum absolute atomic E-state index is 0.284. The Morgan fingerprint density at radius 1 is 1.22 bits per heavy atom. The molecule has 1 aliphatic rings. The van der Waals surface area contributed by atoms with Gasteiger partial charge in [0.15, 0.2) is 0 Å². The molecule has 94 valence electrons. The minimum Gasteiger partial charge on any atom is -0.315 e. The first-order valence-corrected chi connectivity index (χ1v) is 7.19. The van der Waals surface area contributed by atoms with Crippen LogP contribution in [-0.2, 0) is 11.8 Å². The van der Waals surface area contributed by atoms with Crippen molar-refractivity contribution in [1.29, 1.82) is 0 Å². The van der Waals surface area contributed by atoms with E-state index in [1.54, 1.807) is 0 Å². The number of nitrogens with one attached hydrogen (secondary N) is 1. The predicted octanol–water partition coefficient (Wildman–Crippen LogP) is 2.84.